The quantitative estimate of drug-likeness (QED) is 0.505. The molecule has 4 nitrogen and oxygen atoms in total. The van der Waals surface area contributed by atoms with Gasteiger partial charge in [-0.1, -0.05) is 19.8 Å². The number of amides is 1. The van der Waals surface area contributed by atoms with E-state index in [-0.39, 0.29) is 5.91 Å². The van der Waals surface area contributed by atoms with Crippen LogP contribution in [-0.4, -0.2) is 17.0 Å². The number of rotatable bonds is 6. The summed E-state index contributed by atoms with van der Waals surface area (Å²) in [4.78, 5) is 21.1. The highest BCUT2D eigenvalue weighted by Crippen LogP contribution is 2.06. The number of hydrogen-bond donors (Lipinski definition) is 2. The molecular formula is C10H17NO3. The Kier molecular flexibility index (Phi) is 6.45. The smallest absolute Gasteiger partial charge is 0.330 e. The summed E-state index contributed by atoms with van der Waals surface area (Å²) in [5.41, 5.74) is 0.485. The summed E-state index contributed by atoms with van der Waals surface area (Å²) < 4.78 is 0. The number of carbonyl (C=O) groups is 2. The fraction of sp³-hybridized carbons (Fsp3) is 0.600. The van der Waals surface area contributed by atoms with E-state index in [9.17, 15) is 9.59 Å². The van der Waals surface area contributed by atoms with E-state index in [0.29, 0.717) is 12.1 Å². The molecule has 2 N–H and O–H groups in total. The van der Waals surface area contributed by atoms with E-state index in [1.165, 1.54) is 6.92 Å². The van der Waals surface area contributed by atoms with Gasteiger partial charge in [0.25, 0.3) is 0 Å². The second-order valence-electron chi connectivity index (χ2n) is 3.15. The molecule has 0 heterocycles. The van der Waals surface area contributed by atoms with E-state index in [1.807, 2.05) is 0 Å². The van der Waals surface area contributed by atoms with Crippen LogP contribution in [0.5, 0.6) is 0 Å². The minimum atomic E-state index is -1.02. The van der Waals surface area contributed by atoms with Crippen molar-refractivity contribution in [3.8, 4) is 0 Å². The van der Waals surface area contributed by atoms with Gasteiger partial charge in [0.05, 0.1) is 0 Å². The Morgan fingerprint density at radius 1 is 1.36 bits per heavy atom. The first-order chi connectivity index (χ1) is 6.56. The third kappa shape index (κ3) is 7.34. The largest absolute Gasteiger partial charge is 0.478 e. The molecule has 0 saturated heterocycles. The van der Waals surface area contributed by atoms with Crippen molar-refractivity contribution in [1.29, 1.82) is 0 Å². The molecule has 0 aromatic heterocycles. The van der Waals surface area contributed by atoms with Crippen LogP contribution >= 0.6 is 0 Å². The Morgan fingerprint density at radius 3 is 2.43 bits per heavy atom. The second kappa shape index (κ2) is 7.12. The standard InChI is InChI=1S/C10H17NO3/c1-3-4-5-6-9(7-10(13)14)11-8(2)12/h7H,3-6H2,1-2H3,(H,11,12)(H,13,14). The highest BCUT2D eigenvalue weighted by Gasteiger charge is 2.02. The number of hydrogen-bond acceptors (Lipinski definition) is 2. The van der Waals surface area contributed by atoms with Gasteiger partial charge in [-0.15, -0.1) is 0 Å². The van der Waals surface area contributed by atoms with E-state index in [0.717, 1.165) is 25.3 Å². The molecule has 4 heteroatoms. The van der Waals surface area contributed by atoms with Gasteiger partial charge in [-0.25, -0.2) is 4.79 Å². The van der Waals surface area contributed by atoms with Crippen LogP contribution in [0, 0.1) is 0 Å². The van der Waals surface area contributed by atoms with Gasteiger partial charge in [0.2, 0.25) is 5.91 Å². The third-order valence-corrected chi connectivity index (χ3v) is 1.68. The van der Waals surface area contributed by atoms with Gasteiger partial charge in [-0.05, 0) is 12.8 Å². The van der Waals surface area contributed by atoms with Gasteiger partial charge in [0.1, 0.15) is 0 Å². The number of aliphatic carboxylic acids is 1. The van der Waals surface area contributed by atoms with E-state index in [1.54, 1.807) is 0 Å². The second-order valence-corrected chi connectivity index (χ2v) is 3.15. The van der Waals surface area contributed by atoms with Gasteiger partial charge in [0, 0.05) is 18.7 Å². The van der Waals surface area contributed by atoms with Gasteiger partial charge in [-0.2, -0.15) is 0 Å². The molecular weight excluding hydrogens is 182 g/mol. The lowest BCUT2D eigenvalue weighted by Crippen LogP contribution is -2.20. The Hall–Kier alpha value is -1.32. The first kappa shape index (κ1) is 12.7. The molecule has 0 aromatic carbocycles. The van der Waals surface area contributed by atoms with E-state index in [2.05, 4.69) is 12.2 Å². The molecule has 1 amide bonds. The maximum absolute atomic E-state index is 10.7. The third-order valence-electron chi connectivity index (χ3n) is 1.68. The van der Waals surface area contributed by atoms with Gasteiger partial charge >= 0.3 is 5.97 Å². The number of carboxylic acids is 1. The average molecular weight is 199 g/mol. The summed E-state index contributed by atoms with van der Waals surface area (Å²) in [5.74, 6) is -1.25. The zero-order chi connectivity index (χ0) is 11.0. The molecule has 0 unspecified atom stereocenters. The summed E-state index contributed by atoms with van der Waals surface area (Å²) in [7, 11) is 0. The van der Waals surface area contributed by atoms with Crippen molar-refractivity contribution in [2.24, 2.45) is 0 Å². The number of carboxylic acid groups (broad SMARTS) is 1. The average Bonchev–Trinajstić information content (AvgIpc) is 2.02. The molecule has 0 aliphatic heterocycles. The number of allylic oxidation sites excluding steroid dienone is 1. The highest BCUT2D eigenvalue weighted by atomic mass is 16.4. The van der Waals surface area contributed by atoms with E-state index < -0.39 is 5.97 Å². The fourth-order valence-electron chi connectivity index (χ4n) is 1.11. The lowest BCUT2D eigenvalue weighted by Gasteiger charge is -2.06. The summed E-state index contributed by atoms with van der Waals surface area (Å²) in [6, 6.07) is 0. The normalized spacial score (nSPS) is 11.1. The van der Waals surface area contributed by atoms with Crippen molar-refractivity contribution in [3.63, 3.8) is 0 Å². The molecule has 0 saturated carbocycles. The first-order valence-corrected chi connectivity index (χ1v) is 4.77. The zero-order valence-electron chi connectivity index (χ0n) is 8.67. The summed E-state index contributed by atoms with van der Waals surface area (Å²) >= 11 is 0. The molecule has 0 fully saturated rings. The molecule has 0 aliphatic carbocycles. The highest BCUT2D eigenvalue weighted by molar-refractivity contribution is 5.82. The van der Waals surface area contributed by atoms with Crippen molar-refractivity contribution in [1.82, 2.24) is 5.32 Å². The van der Waals surface area contributed by atoms with Crippen LogP contribution < -0.4 is 5.32 Å². The fourth-order valence-corrected chi connectivity index (χ4v) is 1.11. The van der Waals surface area contributed by atoms with Crippen LogP contribution in [0.2, 0.25) is 0 Å². The van der Waals surface area contributed by atoms with Crippen LogP contribution in [0.4, 0.5) is 0 Å². The number of unbranched alkanes of at least 4 members (excludes halogenated alkanes) is 2. The Bertz CT molecular complexity index is 234. The van der Waals surface area contributed by atoms with Crippen molar-refractivity contribution in [2.45, 2.75) is 39.5 Å². The SMILES string of the molecule is CCCCCC(=CC(=O)O)NC(C)=O. The number of nitrogens with one attached hydrogen (secondary N) is 1. The molecule has 80 valence electrons. The summed E-state index contributed by atoms with van der Waals surface area (Å²) in [6.45, 7) is 3.44. The van der Waals surface area contributed by atoms with E-state index >= 15 is 0 Å². The topological polar surface area (TPSA) is 66.4 Å². The van der Waals surface area contributed by atoms with Crippen molar-refractivity contribution in [2.75, 3.05) is 0 Å². The van der Waals surface area contributed by atoms with Crippen molar-refractivity contribution >= 4 is 11.9 Å². The van der Waals surface area contributed by atoms with Crippen LogP contribution in [0.25, 0.3) is 0 Å². The molecule has 0 rings (SSSR count). The molecule has 0 aliphatic rings. The minimum absolute atomic E-state index is 0.228. The maximum Gasteiger partial charge on any atom is 0.330 e. The predicted molar refractivity (Wildman–Crippen MR) is 53.7 cm³/mol. The Labute approximate surface area is 84.0 Å². The maximum atomic E-state index is 10.7. The van der Waals surface area contributed by atoms with Crippen molar-refractivity contribution < 1.29 is 14.7 Å². The van der Waals surface area contributed by atoms with E-state index in [4.69, 9.17) is 5.11 Å². The van der Waals surface area contributed by atoms with Gasteiger partial charge < -0.3 is 10.4 Å². The minimum Gasteiger partial charge on any atom is -0.478 e. The molecule has 0 bridgehead atoms. The molecule has 0 radical (unpaired) electrons. The van der Waals surface area contributed by atoms with Crippen LogP contribution in [0.3, 0.4) is 0 Å². The monoisotopic (exact) mass is 199 g/mol. The predicted octanol–water partition coefficient (Wildman–Crippen LogP) is 1.67. The summed E-state index contributed by atoms with van der Waals surface area (Å²) in [5, 5.41) is 11.0. The molecule has 0 spiro atoms. The summed E-state index contributed by atoms with van der Waals surface area (Å²) in [6.07, 6.45) is 4.67. The lowest BCUT2D eigenvalue weighted by atomic mass is 10.1. The zero-order valence-corrected chi connectivity index (χ0v) is 8.67. The van der Waals surface area contributed by atoms with Crippen molar-refractivity contribution in [3.05, 3.63) is 11.8 Å². The Balaban J connectivity index is 4.11. The van der Waals surface area contributed by atoms with Gasteiger partial charge in [0.15, 0.2) is 0 Å². The van der Waals surface area contributed by atoms with Crippen LogP contribution in [0.1, 0.15) is 39.5 Å². The lowest BCUT2D eigenvalue weighted by molar-refractivity contribution is -0.131. The van der Waals surface area contributed by atoms with Crippen LogP contribution in [-0.2, 0) is 9.59 Å². The Morgan fingerprint density at radius 2 is 2.00 bits per heavy atom. The first-order valence-electron chi connectivity index (χ1n) is 4.77. The number of carbonyl (C=O) groups excluding carboxylic acids is 1. The molecule has 0 atom stereocenters. The molecule has 0 aromatic rings. The van der Waals surface area contributed by atoms with Gasteiger partial charge in [-0.3, -0.25) is 4.79 Å². The van der Waals surface area contributed by atoms with Crippen LogP contribution in [0.15, 0.2) is 11.8 Å². The molecule has 14 heavy (non-hydrogen) atoms.